The standard InChI is InChI=1S/C14H19FN2O2S/c15-4-6-19-13-3-1-2-11(8-13)17-14(18)9-12-10-20-7-5-16-12/h1-3,8,12,16H,4-7,9-10H2,(H,17,18). The Hall–Kier alpha value is -1.27. The van der Waals surface area contributed by atoms with Gasteiger partial charge in [0.15, 0.2) is 0 Å². The Morgan fingerprint density at radius 2 is 2.45 bits per heavy atom. The van der Waals surface area contributed by atoms with Crippen molar-refractivity contribution in [3.63, 3.8) is 0 Å². The van der Waals surface area contributed by atoms with Crippen LogP contribution in [0.1, 0.15) is 6.42 Å². The van der Waals surface area contributed by atoms with E-state index in [9.17, 15) is 9.18 Å². The summed E-state index contributed by atoms with van der Waals surface area (Å²) in [6, 6.07) is 7.25. The molecule has 1 heterocycles. The number of rotatable bonds is 6. The van der Waals surface area contributed by atoms with E-state index in [1.807, 2.05) is 11.8 Å². The summed E-state index contributed by atoms with van der Waals surface area (Å²) < 4.78 is 17.2. The van der Waals surface area contributed by atoms with Crippen LogP contribution in [0.15, 0.2) is 24.3 Å². The summed E-state index contributed by atoms with van der Waals surface area (Å²) in [5.74, 6) is 2.61. The number of alkyl halides is 1. The van der Waals surface area contributed by atoms with Crippen LogP contribution in [-0.2, 0) is 4.79 Å². The van der Waals surface area contributed by atoms with Crippen molar-refractivity contribution in [2.75, 3.05) is 36.6 Å². The highest BCUT2D eigenvalue weighted by Gasteiger charge is 2.16. The fourth-order valence-corrected chi connectivity index (χ4v) is 2.96. The Balaban J connectivity index is 1.83. The van der Waals surface area contributed by atoms with Crippen LogP contribution >= 0.6 is 11.8 Å². The lowest BCUT2D eigenvalue weighted by molar-refractivity contribution is -0.116. The average Bonchev–Trinajstić information content (AvgIpc) is 2.46. The number of nitrogens with one attached hydrogen (secondary N) is 2. The van der Waals surface area contributed by atoms with Crippen LogP contribution < -0.4 is 15.4 Å². The number of hydrogen-bond acceptors (Lipinski definition) is 4. The summed E-state index contributed by atoms with van der Waals surface area (Å²) in [5.41, 5.74) is 0.676. The topological polar surface area (TPSA) is 50.4 Å². The molecule has 1 aromatic carbocycles. The van der Waals surface area contributed by atoms with Gasteiger partial charge < -0.3 is 15.4 Å². The molecular formula is C14H19FN2O2S. The first-order valence-corrected chi connectivity index (χ1v) is 7.83. The fraction of sp³-hybridized carbons (Fsp3) is 0.500. The van der Waals surface area contributed by atoms with E-state index < -0.39 is 6.67 Å². The maximum atomic E-state index is 12.0. The molecule has 1 fully saturated rings. The first-order valence-electron chi connectivity index (χ1n) is 6.68. The van der Waals surface area contributed by atoms with Crippen molar-refractivity contribution in [2.24, 2.45) is 0 Å². The first-order chi connectivity index (χ1) is 9.78. The van der Waals surface area contributed by atoms with Gasteiger partial charge in [0.25, 0.3) is 0 Å². The van der Waals surface area contributed by atoms with Crippen LogP contribution in [0, 0.1) is 0 Å². The maximum Gasteiger partial charge on any atom is 0.225 e. The van der Waals surface area contributed by atoms with Crippen LogP contribution in [0.2, 0.25) is 0 Å². The minimum Gasteiger partial charge on any atom is -0.491 e. The molecule has 0 radical (unpaired) electrons. The van der Waals surface area contributed by atoms with Gasteiger partial charge in [0.05, 0.1) is 0 Å². The van der Waals surface area contributed by atoms with E-state index in [1.165, 1.54) is 0 Å². The molecule has 6 heteroatoms. The summed E-state index contributed by atoms with van der Waals surface area (Å²) >= 11 is 1.86. The normalized spacial score (nSPS) is 18.6. The molecule has 1 aliphatic heterocycles. The van der Waals surface area contributed by atoms with Gasteiger partial charge in [-0.05, 0) is 12.1 Å². The predicted molar refractivity (Wildman–Crippen MR) is 80.3 cm³/mol. The van der Waals surface area contributed by atoms with E-state index in [-0.39, 0.29) is 18.6 Å². The molecular weight excluding hydrogens is 279 g/mol. The molecule has 1 atom stereocenters. The zero-order chi connectivity index (χ0) is 14.2. The molecule has 4 nitrogen and oxygen atoms in total. The van der Waals surface area contributed by atoms with Gasteiger partial charge in [0.2, 0.25) is 5.91 Å². The molecule has 0 saturated carbocycles. The summed E-state index contributed by atoms with van der Waals surface area (Å²) in [4.78, 5) is 11.9. The largest absolute Gasteiger partial charge is 0.491 e. The lowest BCUT2D eigenvalue weighted by Gasteiger charge is -2.22. The van der Waals surface area contributed by atoms with E-state index in [4.69, 9.17) is 4.74 Å². The number of ether oxygens (including phenoxy) is 1. The fourth-order valence-electron chi connectivity index (χ4n) is 2.01. The number of benzene rings is 1. The Morgan fingerprint density at radius 1 is 1.55 bits per heavy atom. The highest BCUT2D eigenvalue weighted by atomic mass is 32.2. The second kappa shape index (κ2) is 8.11. The average molecular weight is 298 g/mol. The number of anilines is 1. The first kappa shape index (κ1) is 15.1. The molecule has 110 valence electrons. The predicted octanol–water partition coefficient (Wildman–Crippen LogP) is 2.07. The van der Waals surface area contributed by atoms with E-state index in [2.05, 4.69) is 10.6 Å². The monoisotopic (exact) mass is 298 g/mol. The molecule has 1 aromatic rings. The van der Waals surface area contributed by atoms with Crippen molar-refractivity contribution in [3.05, 3.63) is 24.3 Å². The van der Waals surface area contributed by atoms with Crippen LogP contribution in [0.3, 0.4) is 0 Å². The van der Waals surface area contributed by atoms with Crippen molar-refractivity contribution >= 4 is 23.4 Å². The van der Waals surface area contributed by atoms with E-state index in [1.54, 1.807) is 24.3 Å². The summed E-state index contributed by atoms with van der Waals surface area (Å²) in [6.07, 6.45) is 0.461. The highest BCUT2D eigenvalue weighted by Crippen LogP contribution is 2.18. The van der Waals surface area contributed by atoms with Crippen LogP contribution in [-0.4, -0.2) is 43.3 Å². The number of carbonyl (C=O) groups is 1. The van der Waals surface area contributed by atoms with Crippen LogP contribution in [0.5, 0.6) is 5.75 Å². The smallest absolute Gasteiger partial charge is 0.225 e. The summed E-state index contributed by atoms with van der Waals surface area (Å²) in [7, 11) is 0. The molecule has 1 amide bonds. The molecule has 1 saturated heterocycles. The van der Waals surface area contributed by atoms with Gasteiger partial charge >= 0.3 is 0 Å². The molecule has 0 aliphatic carbocycles. The number of halogens is 1. The van der Waals surface area contributed by atoms with Crippen LogP contribution in [0.25, 0.3) is 0 Å². The van der Waals surface area contributed by atoms with E-state index in [0.29, 0.717) is 17.9 Å². The highest BCUT2D eigenvalue weighted by molar-refractivity contribution is 7.99. The van der Waals surface area contributed by atoms with Gasteiger partial charge in [-0.15, -0.1) is 0 Å². The number of thioether (sulfide) groups is 1. The Morgan fingerprint density at radius 3 is 3.20 bits per heavy atom. The van der Waals surface area contributed by atoms with Gasteiger partial charge in [0.1, 0.15) is 19.0 Å². The zero-order valence-corrected chi connectivity index (χ0v) is 12.0. The second-order valence-electron chi connectivity index (χ2n) is 4.54. The summed E-state index contributed by atoms with van der Waals surface area (Å²) in [5, 5.41) is 6.17. The third-order valence-corrected chi connectivity index (χ3v) is 4.02. The molecule has 2 N–H and O–H groups in total. The van der Waals surface area contributed by atoms with Crippen molar-refractivity contribution in [3.8, 4) is 5.75 Å². The van der Waals surface area contributed by atoms with Crippen molar-refractivity contribution < 1.29 is 13.9 Å². The molecule has 2 rings (SSSR count). The Labute approximate surface area is 122 Å². The molecule has 20 heavy (non-hydrogen) atoms. The maximum absolute atomic E-state index is 12.0. The third-order valence-electron chi connectivity index (χ3n) is 2.89. The zero-order valence-electron chi connectivity index (χ0n) is 11.2. The molecule has 0 spiro atoms. The number of carbonyl (C=O) groups excluding carboxylic acids is 1. The molecule has 0 aromatic heterocycles. The summed E-state index contributed by atoms with van der Waals surface area (Å²) in [6.45, 7) is 0.456. The Bertz CT molecular complexity index is 439. The van der Waals surface area contributed by atoms with E-state index >= 15 is 0 Å². The second-order valence-corrected chi connectivity index (χ2v) is 5.69. The third kappa shape index (κ3) is 5.02. The lowest BCUT2D eigenvalue weighted by Crippen LogP contribution is -2.39. The molecule has 1 unspecified atom stereocenters. The van der Waals surface area contributed by atoms with E-state index in [0.717, 1.165) is 18.1 Å². The van der Waals surface area contributed by atoms with Gasteiger partial charge in [-0.1, -0.05) is 6.07 Å². The molecule has 1 aliphatic rings. The van der Waals surface area contributed by atoms with Crippen molar-refractivity contribution in [1.82, 2.24) is 5.32 Å². The number of amides is 1. The van der Waals surface area contributed by atoms with Gasteiger partial charge in [-0.2, -0.15) is 11.8 Å². The van der Waals surface area contributed by atoms with Crippen molar-refractivity contribution in [1.29, 1.82) is 0 Å². The van der Waals surface area contributed by atoms with Crippen LogP contribution in [0.4, 0.5) is 10.1 Å². The minimum atomic E-state index is -0.526. The lowest BCUT2D eigenvalue weighted by atomic mass is 10.2. The van der Waals surface area contributed by atoms with Crippen molar-refractivity contribution in [2.45, 2.75) is 12.5 Å². The van der Waals surface area contributed by atoms with Gasteiger partial charge in [0, 0.05) is 42.3 Å². The Kier molecular flexibility index (Phi) is 6.14. The number of hydrogen-bond donors (Lipinski definition) is 2. The quantitative estimate of drug-likeness (QED) is 0.844. The minimum absolute atomic E-state index is 0.0207. The van der Waals surface area contributed by atoms with Gasteiger partial charge in [-0.25, -0.2) is 4.39 Å². The molecule has 0 bridgehead atoms. The SMILES string of the molecule is O=C(CC1CSCCN1)Nc1cccc(OCCF)c1. The van der Waals surface area contributed by atoms with Gasteiger partial charge in [-0.3, -0.25) is 4.79 Å².